The number of fused-ring (bicyclic) bond motifs is 1. The fraction of sp³-hybridized carbons (Fsp3) is 0.200. The second kappa shape index (κ2) is 10.0. The third-order valence-corrected chi connectivity index (χ3v) is 5.42. The summed E-state index contributed by atoms with van der Waals surface area (Å²) < 4.78 is 7.16. The summed E-state index contributed by atoms with van der Waals surface area (Å²) in [4.78, 5) is 0. The first-order valence-corrected chi connectivity index (χ1v) is 11.2. The van der Waals surface area contributed by atoms with Crippen molar-refractivity contribution in [2.45, 2.75) is 26.2 Å². The topological polar surface area (TPSA) is 102 Å². The smallest absolute Gasteiger partial charge is 0.292 e. The van der Waals surface area contributed by atoms with Crippen LogP contribution >= 0.6 is 0 Å². The zero-order chi connectivity index (χ0) is 23.2. The van der Waals surface area contributed by atoms with Gasteiger partial charge in [-0.05, 0) is 70.4 Å². The van der Waals surface area contributed by atoms with Crippen LogP contribution in [0.15, 0.2) is 88.1 Å². The van der Waals surface area contributed by atoms with E-state index >= 15 is 0 Å². The number of amidine groups is 1. The number of rotatable bonds is 7. The molecule has 170 valence electrons. The molecule has 0 spiro atoms. The van der Waals surface area contributed by atoms with Crippen molar-refractivity contribution in [2.24, 2.45) is 15.3 Å². The monoisotopic (exact) mass is 452 g/mol. The van der Waals surface area contributed by atoms with Gasteiger partial charge in [0.1, 0.15) is 5.75 Å². The van der Waals surface area contributed by atoms with Crippen molar-refractivity contribution in [1.29, 1.82) is 0 Å². The largest absolute Gasteiger partial charge is 0.493 e. The summed E-state index contributed by atoms with van der Waals surface area (Å²) in [5.74, 6) is 1.56. The first-order valence-electron chi connectivity index (χ1n) is 11.2. The van der Waals surface area contributed by atoms with E-state index in [2.05, 4.69) is 55.3 Å². The molecule has 4 aromatic rings. The number of benzene rings is 3. The molecule has 9 nitrogen and oxygen atoms in total. The highest BCUT2D eigenvalue weighted by molar-refractivity contribution is 6.00. The van der Waals surface area contributed by atoms with Gasteiger partial charge in [0.2, 0.25) is 5.84 Å². The van der Waals surface area contributed by atoms with E-state index in [0.29, 0.717) is 12.4 Å². The first kappa shape index (κ1) is 21.4. The van der Waals surface area contributed by atoms with Crippen LogP contribution in [0.3, 0.4) is 0 Å². The molecule has 3 aromatic carbocycles. The van der Waals surface area contributed by atoms with E-state index < -0.39 is 0 Å². The van der Waals surface area contributed by atoms with Crippen LogP contribution in [0.25, 0.3) is 5.69 Å². The fourth-order valence-corrected chi connectivity index (χ4v) is 3.70. The Morgan fingerprint density at radius 2 is 1.91 bits per heavy atom. The number of azo groups is 1. The van der Waals surface area contributed by atoms with Crippen LogP contribution < -0.4 is 10.2 Å². The van der Waals surface area contributed by atoms with Gasteiger partial charge in [0.15, 0.2) is 0 Å². The van der Waals surface area contributed by atoms with Gasteiger partial charge in [-0.1, -0.05) is 48.8 Å². The van der Waals surface area contributed by atoms with Gasteiger partial charge in [-0.3, -0.25) is 5.43 Å². The predicted octanol–water partition coefficient (Wildman–Crippen LogP) is 5.11. The summed E-state index contributed by atoms with van der Waals surface area (Å²) in [7, 11) is 0. The molecule has 0 saturated heterocycles. The normalized spacial score (nSPS) is 13.1. The number of nitrogens with one attached hydrogen (secondary N) is 1. The molecule has 0 bridgehead atoms. The number of hydrogen-bond acceptors (Lipinski definition) is 7. The Morgan fingerprint density at radius 3 is 2.74 bits per heavy atom. The molecule has 0 atom stereocenters. The van der Waals surface area contributed by atoms with Crippen LogP contribution in [0.5, 0.6) is 5.75 Å². The maximum absolute atomic E-state index is 5.64. The summed E-state index contributed by atoms with van der Waals surface area (Å²) in [6.45, 7) is 2.85. The molecule has 0 radical (unpaired) electrons. The molecular weight excluding hydrogens is 428 g/mol. The average Bonchev–Trinajstić information content (AvgIpc) is 3.55. The molecule has 0 saturated carbocycles. The van der Waals surface area contributed by atoms with E-state index in [9.17, 15) is 0 Å². The zero-order valence-corrected chi connectivity index (χ0v) is 18.8. The molecular formula is C25H24N8O. The number of hydrogen-bond donors (Lipinski definition) is 1. The molecule has 0 amide bonds. The van der Waals surface area contributed by atoms with E-state index in [4.69, 9.17) is 4.74 Å². The van der Waals surface area contributed by atoms with E-state index in [1.165, 1.54) is 10.2 Å². The van der Waals surface area contributed by atoms with Crippen molar-refractivity contribution >= 4 is 17.5 Å². The van der Waals surface area contributed by atoms with Crippen molar-refractivity contribution in [1.82, 2.24) is 20.2 Å². The summed E-state index contributed by atoms with van der Waals surface area (Å²) >= 11 is 0. The Labute approximate surface area is 197 Å². The zero-order valence-electron chi connectivity index (χ0n) is 18.8. The van der Waals surface area contributed by atoms with Crippen LogP contribution in [0.4, 0.5) is 11.6 Å². The van der Waals surface area contributed by atoms with Crippen molar-refractivity contribution in [3.05, 3.63) is 89.5 Å². The lowest BCUT2D eigenvalue weighted by Crippen LogP contribution is -2.02. The van der Waals surface area contributed by atoms with Gasteiger partial charge in [0, 0.05) is 12.0 Å². The van der Waals surface area contributed by atoms with Crippen molar-refractivity contribution in [2.75, 3.05) is 12.0 Å². The first-order chi connectivity index (χ1) is 16.8. The summed E-state index contributed by atoms with van der Waals surface area (Å²) in [5, 5.41) is 25.1. The molecule has 1 aromatic heterocycles. The third kappa shape index (κ3) is 4.83. The maximum Gasteiger partial charge on any atom is 0.292 e. The van der Waals surface area contributed by atoms with E-state index in [-0.39, 0.29) is 5.95 Å². The summed E-state index contributed by atoms with van der Waals surface area (Å²) in [6, 6.07) is 23.7. The molecule has 1 N–H and O–H groups in total. The number of para-hydroxylation sites is 1. The molecule has 5 rings (SSSR count). The van der Waals surface area contributed by atoms with Gasteiger partial charge in [-0.15, -0.1) is 10.2 Å². The van der Waals surface area contributed by atoms with Crippen LogP contribution in [-0.4, -0.2) is 32.6 Å². The molecule has 1 aliphatic heterocycles. The molecule has 34 heavy (non-hydrogen) atoms. The number of hydrazone groups is 1. The lowest BCUT2D eigenvalue weighted by Gasteiger charge is -2.06. The minimum absolute atomic E-state index is 0.257. The van der Waals surface area contributed by atoms with Crippen LogP contribution in [0.2, 0.25) is 0 Å². The number of nitrogens with zero attached hydrogens (tertiary/aromatic N) is 7. The van der Waals surface area contributed by atoms with Gasteiger partial charge in [0.05, 0.1) is 18.0 Å². The van der Waals surface area contributed by atoms with Crippen LogP contribution in [0, 0.1) is 0 Å². The molecule has 2 heterocycles. The second-order valence-corrected chi connectivity index (χ2v) is 7.84. The summed E-state index contributed by atoms with van der Waals surface area (Å²) in [6.07, 6.45) is 3.02. The summed E-state index contributed by atoms with van der Waals surface area (Å²) in [5.41, 5.74) is 8.00. The predicted molar refractivity (Wildman–Crippen MR) is 130 cm³/mol. The Bertz CT molecular complexity index is 1310. The van der Waals surface area contributed by atoms with Gasteiger partial charge in [-0.25, -0.2) is 0 Å². The lowest BCUT2D eigenvalue weighted by molar-refractivity contribution is 0.357. The molecule has 0 unspecified atom stereocenters. The fourth-order valence-electron chi connectivity index (χ4n) is 3.70. The Hall–Kier alpha value is -4.40. The van der Waals surface area contributed by atoms with Gasteiger partial charge in [0.25, 0.3) is 5.95 Å². The molecule has 1 aliphatic rings. The number of aromatic nitrogens is 4. The van der Waals surface area contributed by atoms with Gasteiger partial charge < -0.3 is 4.74 Å². The number of aryl methyl sites for hydroxylation is 1. The number of anilines is 1. The third-order valence-electron chi connectivity index (χ3n) is 5.42. The highest BCUT2D eigenvalue weighted by Gasteiger charge is 2.15. The van der Waals surface area contributed by atoms with Gasteiger partial charge >= 0.3 is 0 Å². The standard InChI is InChI=1S/C25H24N8O/c1-2-6-18-9-12-21(13-10-18)26-27-24(20-11-14-23-19(17-20)15-16-34-23)28-29-25-30-31-32-33(25)22-7-4-3-5-8-22/h3-5,7-14,17,26H,2,6,15-16H2,1H3/b27-24+,29-28?. The van der Waals surface area contributed by atoms with Crippen LogP contribution in [0.1, 0.15) is 30.0 Å². The molecule has 9 heteroatoms. The minimum Gasteiger partial charge on any atom is -0.493 e. The Balaban J connectivity index is 1.45. The lowest BCUT2D eigenvalue weighted by atomic mass is 10.1. The highest BCUT2D eigenvalue weighted by atomic mass is 16.5. The highest BCUT2D eigenvalue weighted by Crippen LogP contribution is 2.26. The Morgan fingerprint density at radius 1 is 1.06 bits per heavy atom. The number of tetrazole rings is 1. The van der Waals surface area contributed by atoms with Crippen molar-refractivity contribution in [3.8, 4) is 11.4 Å². The van der Waals surface area contributed by atoms with Crippen molar-refractivity contribution < 1.29 is 4.74 Å². The Kier molecular flexibility index (Phi) is 6.33. The quantitative estimate of drug-likeness (QED) is 0.182. The average molecular weight is 453 g/mol. The molecule has 0 fully saturated rings. The van der Waals surface area contributed by atoms with Crippen molar-refractivity contribution in [3.63, 3.8) is 0 Å². The van der Waals surface area contributed by atoms with E-state index in [0.717, 1.165) is 47.5 Å². The minimum atomic E-state index is 0.257. The number of ether oxygens (including phenoxy) is 1. The van der Waals surface area contributed by atoms with Gasteiger partial charge in [-0.2, -0.15) is 9.78 Å². The van der Waals surface area contributed by atoms with Crippen LogP contribution in [-0.2, 0) is 12.8 Å². The maximum atomic E-state index is 5.64. The second-order valence-electron chi connectivity index (χ2n) is 7.84. The van der Waals surface area contributed by atoms with E-state index in [1.54, 1.807) is 0 Å². The molecule has 0 aliphatic carbocycles. The SMILES string of the molecule is CCCc1ccc(N/N=C(/N=Nc2nnnn2-c2ccccc2)c2ccc3c(c2)CCO3)cc1. The van der Waals surface area contributed by atoms with E-state index in [1.807, 2.05) is 60.7 Å².